The summed E-state index contributed by atoms with van der Waals surface area (Å²) >= 11 is 1.01. The number of benzene rings is 1. The second-order valence-electron chi connectivity index (χ2n) is 11.0. The Morgan fingerprint density at radius 2 is 1.87 bits per heavy atom. The number of ether oxygens (including phenoxy) is 1. The van der Waals surface area contributed by atoms with E-state index in [9.17, 15) is 48.1 Å². The summed E-state index contributed by atoms with van der Waals surface area (Å²) in [6.45, 7) is 1.13. The molecule has 1 unspecified atom stereocenters. The van der Waals surface area contributed by atoms with Crippen LogP contribution in [0.5, 0.6) is 0 Å². The van der Waals surface area contributed by atoms with Crippen LogP contribution in [-0.4, -0.2) is 90.9 Å². The number of aliphatic hydroxyl groups excluding tert-OH is 1. The standard InChI is InChI=1S/C29H24F3N5O9S/c1-11(38)20-25(40)37-21(28(43)44)19(47-26(20)37)10-46-29(45)33-13-4-5-35(8-13)24-17(32)7-14-22(39)15(27(41)42)9-36(23(14)34-24)18-3-2-12(30)6-16(18)31/h2-3,6-7,9,11,13,20,26,38H,4-5,8,10H2,1H3,(H,33,45)(H,41,42)(H,43,44)/t11-,13?,20-,26-/m0/s1. The molecule has 4 atom stereocenters. The number of β-lactam (4-membered cyclic amide) rings is 1. The maximum Gasteiger partial charge on any atom is 0.407 e. The summed E-state index contributed by atoms with van der Waals surface area (Å²) in [5, 5.41) is 30.5. The van der Waals surface area contributed by atoms with E-state index in [0.717, 1.165) is 45.6 Å². The number of halogens is 3. The molecule has 0 saturated carbocycles. The van der Waals surface area contributed by atoms with E-state index in [0.29, 0.717) is 6.07 Å². The molecule has 2 aromatic heterocycles. The van der Waals surface area contributed by atoms with Crippen molar-refractivity contribution in [2.24, 2.45) is 5.92 Å². The number of carbonyl (C=O) groups excluding carboxylic acids is 2. The van der Waals surface area contributed by atoms with Crippen LogP contribution in [0, 0.1) is 23.4 Å². The molecule has 2 amide bonds. The average Bonchev–Trinajstić information content (AvgIpc) is 3.58. The van der Waals surface area contributed by atoms with E-state index in [1.807, 2.05) is 0 Å². The predicted octanol–water partition coefficient (Wildman–Crippen LogP) is 2.01. The zero-order chi connectivity index (χ0) is 33.9. The van der Waals surface area contributed by atoms with Crippen molar-refractivity contribution in [2.45, 2.75) is 30.9 Å². The molecule has 14 nitrogen and oxygen atoms in total. The molecule has 3 aliphatic rings. The number of aromatic nitrogens is 2. The number of pyridine rings is 2. The smallest absolute Gasteiger partial charge is 0.407 e. The second kappa shape index (κ2) is 11.9. The minimum Gasteiger partial charge on any atom is -0.477 e. The van der Waals surface area contributed by atoms with Gasteiger partial charge in [-0.3, -0.25) is 19.1 Å². The Hall–Kier alpha value is -5.10. The van der Waals surface area contributed by atoms with Gasteiger partial charge < -0.3 is 30.3 Å². The van der Waals surface area contributed by atoms with Gasteiger partial charge in [0.15, 0.2) is 17.3 Å². The number of nitrogens with one attached hydrogen (secondary N) is 1. The molecule has 3 aliphatic heterocycles. The van der Waals surface area contributed by atoms with E-state index in [4.69, 9.17) is 4.74 Å². The number of amides is 2. The van der Waals surface area contributed by atoms with Crippen LogP contribution in [0.4, 0.5) is 23.8 Å². The first kappa shape index (κ1) is 31.9. The van der Waals surface area contributed by atoms with E-state index in [2.05, 4.69) is 10.3 Å². The fourth-order valence-electron chi connectivity index (χ4n) is 5.81. The molecule has 0 radical (unpaired) electrons. The summed E-state index contributed by atoms with van der Waals surface area (Å²) in [5.74, 6) is -7.65. The molecular formula is C29H24F3N5O9S. The minimum atomic E-state index is -1.65. The Kier molecular flexibility index (Phi) is 8.08. The average molecular weight is 676 g/mol. The number of thioether (sulfide) groups is 1. The largest absolute Gasteiger partial charge is 0.477 e. The molecule has 246 valence electrons. The number of aliphatic carboxylic acids is 1. The van der Waals surface area contributed by atoms with E-state index < -0.39 is 87.8 Å². The van der Waals surface area contributed by atoms with Crippen molar-refractivity contribution in [1.29, 1.82) is 0 Å². The van der Waals surface area contributed by atoms with Gasteiger partial charge in [0.25, 0.3) is 0 Å². The van der Waals surface area contributed by atoms with Crippen LogP contribution in [-0.2, 0) is 14.3 Å². The third-order valence-corrected chi connectivity index (χ3v) is 9.37. The Bertz CT molecular complexity index is 1970. The van der Waals surface area contributed by atoms with E-state index in [1.165, 1.54) is 11.8 Å². The predicted molar refractivity (Wildman–Crippen MR) is 157 cm³/mol. The fraction of sp³-hybridized carbons (Fsp3) is 0.310. The van der Waals surface area contributed by atoms with E-state index in [1.54, 1.807) is 0 Å². The summed E-state index contributed by atoms with van der Waals surface area (Å²) < 4.78 is 49.9. The maximum atomic E-state index is 15.4. The van der Waals surface area contributed by atoms with Gasteiger partial charge in [0, 0.05) is 25.4 Å². The number of hydrogen-bond donors (Lipinski definition) is 4. The highest BCUT2D eigenvalue weighted by Crippen LogP contribution is 2.50. The molecule has 4 N–H and O–H groups in total. The summed E-state index contributed by atoms with van der Waals surface area (Å²) in [6.07, 6.45) is -0.819. The van der Waals surface area contributed by atoms with Crippen LogP contribution in [0.25, 0.3) is 16.7 Å². The van der Waals surface area contributed by atoms with Crippen molar-refractivity contribution >= 4 is 52.6 Å². The van der Waals surface area contributed by atoms with Crippen LogP contribution < -0.4 is 15.6 Å². The number of hydrogen-bond acceptors (Lipinski definition) is 10. The normalized spacial score (nSPS) is 21.1. The first-order chi connectivity index (χ1) is 22.3. The number of anilines is 1. The van der Waals surface area contributed by atoms with E-state index in [-0.39, 0.29) is 47.3 Å². The highest BCUT2D eigenvalue weighted by Gasteiger charge is 2.57. The minimum absolute atomic E-state index is 0.00508. The van der Waals surface area contributed by atoms with Crippen LogP contribution >= 0.6 is 11.8 Å². The SMILES string of the molecule is C[C@H](O)[C@H]1C(=O)N2C(C(=O)O)=C(COC(=O)NC3CCN(c4nc5c(cc4F)c(=O)c(C(=O)O)cn5-c4ccc(F)cc4F)C3)S[C@@H]12. The zero-order valence-electron chi connectivity index (χ0n) is 24.1. The molecule has 0 spiro atoms. The third-order valence-electron chi connectivity index (χ3n) is 8.03. The van der Waals surface area contributed by atoms with Crippen molar-refractivity contribution < 1.29 is 52.4 Å². The Morgan fingerprint density at radius 1 is 1.13 bits per heavy atom. The van der Waals surface area contributed by atoms with Gasteiger partial charge in [-0.25, -0.2) is 32.5 Å². The topological polar surface area (TPSA) is 192 Å². The molecule has 6 rings (SSSR count). The molecule has 0 aliphatic carbocycles. The number of carboxylic acid groups (broad SMARTS) is 2. The number of fused-ring (bicyclic) bond motifs is 2. The Balaban J connectivity index is 1.19. The summed E-state index contributed by atoms with van der Waals surface area (Å²) in [6, 6.07) is 2.66. The van der Waals surface area contributed by atoms with Crippen molar-refractivity contribution in [3.05, 3.63) is 74.3 Å². The van der Waals surface area contributed by atoms with Gasteiger partial charge in [0.2, 0.25) is 11.3 Å². The first-order valence-corrected chi connectivity index (χ1v) is 14.9. The summed E-state index contributed by atoms with van der Waals surface area (Å²) in [4.78, 5) is 68.3. The van der Waals surface area contributed by atoms with Crippen LogP contribution in [0.15, 0.2) is 45.9 Å². The fourth-order valence-corrected chi connectivity index (χ4v) is 7.33. The van der Waals surface area contributed by atoms with Gasteiger partial charge in [-0.15, -0.1) is 0 Å². The molecule has 2 fully saturated rings. The molecule has 1 aromatic carbocycles. The number of aromatic carboxylic acids is 1. The molecule has 47 heavy (non-hydrogen) atoms. The van der Waals surface area contributed by atoms with Crippen LogP contribution in [0.1, 0.15) is 23.7 Å². The van der Waals surface area contributed by atoms with Gasteiger partial charge in [0.05, 0.1) is 34.0 Å². The van der Waals surface area contributed by atoms with Crippen molar-refractivity contribution in [3.8, 4) is 5.69 Å². The van der Waals surface area contributed by atoms with Gasteiger partial charge in [0.1, 0.15) is 34.9 Å². The number of carbonyl (C=O) groups is 4. The lowest BCUT2D eigenvalue weighted by molar-refractivity contribution is -0.156. The molecule has 5 heterocycles. The second-order valence-corrected chi connectivity index (χ2v) is 12.2. The highest BCUT2D eigenvalue weighted by molar-refractivity contribution is 8.04. The van der Waals surface area contributed by atoms with Gasteiger partial charge in [-0.2, -0.15) is 0 Å². The molecule has 2 saturated heterocycles. The lowest BCUT2D eigenvalue weighted by Gasteiger charge is -2.43. The Labute approximate surface area is 266 Å². The quantitative estimate of drug-likeness (QED) is 0.255. The molecule has 3 aromatic rings. The molecular weight excluding hydrogens is 651 g/mol. The summed E-state index contributed by atoms with van der Waals surface area (Å²) in [7, 11) is 0. The zero-order valence-corrected chi connectivity index (χ0v) is 25.0. The lowest BCUT2D eigenvalue weighted by Crippen LogP contribution is -2.60. The first-order valence-electron chi connectivity index (χ1n) is 14.0. The maximum absolute atomic E-state index is 15.4. The van der Waals surface area contributed by atoms with Crippen molar-refractivity contribution in [3.63, 3.8) is 0 Å². The van der Waals surface area contributed by atoms with Gasteiger partial charge >= 0.3 is 18.0 Å². The van der Waals surface area contributed by atoms with Crippen LogP contribution in [0.3, 0.4) is 0 Å². The molecule has 0 bridgehead atoms. The van der Waals surface area contributed by atoms with E-state index >= 15 is 4.39 Å². The monoisotopic (exact) mass is 675 g/mol. The van der Waals surface area contributed by atoms with Gasteiger partial charge in [-0.1, -0.05) is 11.8 Å². The lowest BCUT2D eigenvalue weighted by atomic mass is 9.92. The summed E-state index contributed by atoms with van der Waals surface area (Å²) in [5.41, 5.74) is -2.82. The van der Waals surface area contributed by atoms with Gasteiger partial charge in [-0.05, 0) is 31.5 Å². The number of carboxylic acids is 2. The molecule has 18 heteroatoms. The number of alkyl carbamates (subject to hydrolysis) is 1. The highest BCUT2D eigenvalue weighted by atomic mass is 32.2. The third kappa shape index (κ3) is 5.52. The Morgan fingerprint density at radius 3 is 2.53 bits per heavy atom. The number of aliphatic hydroxyl groups is 1. The van der Waals surface area contributed by atoms with Crippen molar-refractivity contribution in [2.75, 3.05) is 24.6 Å². The van der Waals surface area contributed by atoms with Crippen molar-refractivity contribution in [1.82, 2.24) is 19.8 Å². The van der Waals surface area contributed by atoms with Crippen LogP contribution in [0.2, 0.25) is 0 Å². The number of nitrogens with zero attached hydrogens (tertiary/aromatic N) is 4. The number of rotatable bonds is 8.